The quantitative estimate of drug-likeness (QED) is 0.729. The first-order chi connectivity index (χ1) is 9.15. The zero-order valence-electron chi connectivity index (χ0n) is 12.2. The second-order valence-electron chi connectivity index (χ2n) is 4.20. The molecular weight excluding hydrogens is 246 g/mol. The third-order valence-corrected chi connectivity index (χ3v) is 2.95. The minimum Gasteiger partial charge on any atom is -0.493 e. The molecule has 0 amide bonds. The maximum Gasteiger partial charge on any atom is 0.171 e. The van der Waals surface area contributed by atoms with Crippen molar-refractivity contribution >= 4 is 0 Å². The van der Waals surface area contributed by atoms with E-state index in [1.165, 1.54) is 0 Å². The lowest BCUT2D eigenvalue weighted by atomic mass is 10.2. The molecule has 19 heavy (non-hydrogen) atoms. The predicted molar refractivity (Wildman–Crippen MR) is 73.7 cm³/mol. The van der Waals surface area contributed by atoms with Gasteiger partial charge < -0.3 is 24.3 Å². The lowest BCUT2D eigenvalue weighted by molar-refractivity contribution is -0.119. The summed E-state index contributed by atoms with van der Waals surface area (Å²) in [5.41, 5.74) is 1.11. The van der Waals surface area contributed by atoms with Crippen molar-refractivity contribution < 1.29 is 18.9 Å². The summed E-state index contributed by atoms with van der Waals surface area (Å²) in [6, 6.07) is 5.93. The summed E-state index contributed by atoms with van der Waals surface area (Å²) >= 11 is 0. The van der Waals surface area contributed by atoms with Crippen molar-refractivity contribution in [1.82, 2.24) is 5.32 Å². The lowest BCUT2D eigenvalue weighted by Crippen LogP contribution is -2.39. The Balaban J connectivity index is 2.62. The number of methoxy groups -OCH3 is 4. The van der Waals surface area contributed by atoms with E-state index in [2.05, 4.69) is 5.32 Å². The van der Waals surface area contributed by atoms with Gasteiger partial charge in [0.05, 0.1) is 20.3 Å². The van der Waals surface area contributed by atoms with Crippen molar-refractivity contribution in [3.05, 3.63) is 23.8 Å². The largest absolute Gasteiger partial charge is 0.493 e. The highest BCUT2D eigenvalue weighted by Crippen LogP contribution is 2.27. The summed E-state index contributed by atoms with van der Waals surface area (Å²) in [6.45, 7) is 2.71. The van der Waals surface area contributed by atoms with Crippen LogP contribution in [0.25, 0.3) is 0 Å². The molecule has 1 atom stereocenters. The van der Waals surface area contributed by atoms with Crippen LogP contribution in [-0.2, 0) is 16.0 Å². The number of hydrogen-bond donors (Lipinski definition) is 1. The van der Waals surface area contributed by atoms with Crippen LogP contribution in [0.5, 0.6) is 11.5 Å². The maximum absolute atomic E-state index is 5.27. The third kappa shape index (κ3) is 4.38. The van der Waals surface area contributed by atoms with Gasteiger partial charge in [-0.05, 0) is 24.6 Å². The molecule has 0 fully saturated rings. The normalized spacial score (nSPS) is 12.5. The second-order valence-corrected chi connectivity index (χ2v) is 4.20. The molecule has 0 aliphatic rings. The van der Waals surface area contributed by atoms with Gasteiger partial charge in [0, 0.05) is 20.8 Å². The van der Waals surface area contributed by atoms with Crippen LogP contribution in [0.15, 0.2) is 18.2 Å². The molecule has 1 aromatic rings. The predicted octanol–water partition coefficient (Wildman–Crippen LogP) is 1.80. The van der Waals surface area contributed by atoms with E-state index >= 15 is 0 Å². The Morgan fingerprint density at radius 1 is 1.00 bits per heavy atom. The molecule has 1 aromatic carbocycles. The van der Waals surface area contributed by atoms with Crippen molar-refractivity contribution in [3.8, 4) is 11.5 Å². The van der Waals surface area contributed by atoms with Gasteiger partial charge >= 0.3 is 0 Å². The number of rotatable bonds is 8. The highest BCUT2D eigenvalue weighted by molar-refractivity contribution is 5.42. The van der Waals surface area contributed by atoms with Crippen molar-refractivity contribution in [1.29, 1.82) is 0 Å². The van der Waals surface area contributed by atoms with Gasteiger partial charge in [-0.1, -0.05) is 6.07 Å². The highest BCUT2D eigenvalue weighted by Gasteiger charge is 2.15. The first-order valence-electron chi connectivity index (χ1n) is 6.16. The van der Waals surface area contributed by atoms with Gasteiger partial charge in [-0.2, -0.15) is 0 Å². The zero-order chi connectivity index (χ0) is 14.3. The van der Waals surface area contributed by atoms with E-state index in [1.807, 2.05) is 25.1 Å². The van der Waals surface area contributed by atoms with Crippen LogP contribution in [-0.4, -0.2) is 40.8 Å². The molecule has 0 spiro atoms. The number of nitrogens with one attached hydrogen (secondary N) is 1. The van der Waals surface area contributed by atoms with Gasteiger partial charge in [0.1, 0.15) is 0 Å². The van der Waals surface area contributed by atoms with E-state index in [0.29, 0.717) is 6.54 Å². The fraction of sp³-hybridized carbons (Fsp3) is 0.571. The van der Waals surface area contributed by atoms with Crippen LogP contribution in [0.2, 0.25) is 0 Å². The molecule has 0 saturated carbocycles. The van der Waals surface area contributed by atoms with Crippen molar-refractivity contribution in [2.45, 2.75) is 25.8 Å². The minimum atomic E-state index is -0.264. The van der Waals surface area contributed by atoms with Gasteiger partial charge in [0.25, 0.3) is 0 Å². The SMILES string of the molecule is COc1ccc(CNC(C)C(OC)OC)cc1OC. The molecule has 0 aliphatic carbocycles. The van der Waals surface area contributed by atoms with Gasteiger partial charge in [-0.25, -0.2) is 0 Å². The molecule has 0 heterocycles. The molecule has 0 radical (unpaired) electrons. The summed E-state index contributed by atoms with van der Waals surface area (Å²) in [4.78, 5) is 0. The fourth-order valence-corrected chi connectivity index (χ4v) is 1.87. The van der Waals surface area contributed by atoms with E-state index in [-0.39, 0.29) is 12.3 Å². The van der Waals surface area contributed by atoms with Gasteiger partial charge in [0.2, 0.25) is 0 Å². The number of hydrogen-bond acceptors (Lipinski definition) is 5. The lowest BCUT2D eigenvalue weighted by Gasteiger charge is -2.22. The molecule has 0 aromatic heterocycles. The summed E-state index contributed by atoms with van der Waals surface area (Å²) in [7, 11) is 6.51. The average Bonchev–Trinajstić information content (AvgIpc) is 2.45. The summed E-state index contributed by atoms with van der Waals surface area (Å²) in [6.07, 6.45) is -0.264. The Labute approximate surface area is 114 Å². The topological polar surface area (TPSA) is 49.0 Å². The van der Waals surface area contributed by atoms with Gasteiger partial charge in [-0.15, -0.1) is 0 Å². The number of ether oxygens (including phenoxy) is 4. The van der Waals surface area contributed by atoms with E-state index < -0.39 is 0 Å². The zero-order valence-corrected chi connectivity index (χ0v) is 12.2. The van der Waals surface area contributed by atoms with E-state index in [9.17, 15) is 0 Å². The molecule has 108 valence electrons. The van der Waals surface area contributed by atoms with Crippen LogP contribution in [0.1, 0.15) is 12.5 Å². The Hall–Kier alpha value is -1.30. The molecule has 1 rings (SSSR count). The Bertz CT molecular complexity index is 380. The smallest absolute Gasteiger partial charge is 0.171 e. The van der Waals surface area contributed by atoms with Crippen molar-refractivity contribution in [3.63, 3.8) is 0 Å². The van der Waals surface area contributed by atoms with Crippen LogP contribution in [0.4, 0.5) is 0 Å². The molecular formula is C14H23NO4. The third-order valence-electron chi connectivity index (χ3n) is 2.95. The Morgan fingerprint density at radius 3 is 2.16 bits per heavy atom. The first kappa shape index (κ1) is 15.8. The summed E-state index contributed by atoms with van der Waals surface area (Å²) < 4.78 is 20.9. The molecule has 1 N–H and O–H groups in total. The molecule has 5 nitrogen and oxygen atoms in total. The summed E-state index contributed by atoms with van der Waals surface area (Å²) in [5.74, 6) is 1.45. The molecule has 0 bridgehead atoms. The molecule has 0 saturated heterocycles. The highest BCUT2D eigenvalue weighted by atomic mass is 16.7. The molecule has 1 unspecified atom stereocenters. The van der Waals surface area contributed by atoms with Crippen molar-refractivity contribution in [2.24, 2.45) is 0 Å². The van der Waals surface area contributed by atoms with Crippen LogP contribution in [0, 0.1) is 0 Å². The van der Waals surface area contributed by atoms with E-state index in [4.69, 9.17) is 18.9 Å². The molecule has 5 heteroatoms. The Kier molecular flexibility index (Phi) is 6.62. The molecule has 0 aliphatic heterocycles. The van der Waals surface area contributed by atoms with Crippen LogP contribution in [0.3, 0.4) is 0 Å². The fourth-order valence-electron chi connectivity index (χ4n) is 1.87. The van der Waals surface area contributed by atoms with Crippen molar-refractivity contribution in [2.75, 3.05) is 28.4 Å². The summed E-state index contributed by atoms with van der Waals surface area (Å²) in [5, 5.41) is 3.34. The minimum absolute atomic E-state index is 0.0862. The second kappa shape index (κ2) is 7.99. The number of benzene rings is 1. The van der Waals surface area contributed by atoms with Gasteiger partial charge in [0.15, 0.2) is 17.8 Å². The average molecular weight is 269 g/mol. The standard InChI is InChI=1S/C14H23NO4/c1-10(14(18-4)19-5)15-9-11-6-7-12(16-2)13(8-11)17-3/h6-8,10,14-15H,9H2,1-5H3. The van der Waals surface area contributed by atoms with Crippen LogP contribution >= 0.6 is 0 Å². The maximum atomic E-state index is 5.27. The van der Waals surface area contributed by atoms with E-state index in [0.717, 1.165) is 17.1 Å². The van der Waals surface area contributed by atoms with E-state index in [1.54, 1.807) is 28.4 Å². The van der Waals surface area contributed by atoms with Crippen LogP contribution < -0.4 is 14.8 Å². The first-order valence-corrected chi connectivity index (χ1v) is 6.16. The monoisotopic (exact) mass is 269 g/mol. The van der Waals surface area contributed by atoms with Gasteiger partial charge in [-0.3, -0.25) is 0 Å². The Morgan fingerprint density at radius 2 is 1.63 bits per heavy atom.